The van der Waals surface area contributed by atoms with Crippen LogP contribution in [0, 0.1) is 0 Å². The van der Waals surface area contributed by atoms with Crippen molar-refractivity contribution in [3.63, 3.8) is 0 Å². The van der Waals surface area contributed by atoms with Crippen LogP contribution in [-0.4, -0.2) is 37.3 Å². The van der Waals surface area contributed by atoms with Gasteiger partial charge in [0.05, 0.1) is 0 Å². The summed E-state index contributed by atoms with van der Waals surface area (Å²) >= 11 is 0. The van der Waals surface area contributed by atoms with Gasteiger partial charge < -0.3 is 19.9 Å². The predicted octanol–water partition coefficient (Wildman–Crippen LogP) is 0.413. The molecule has 0 fully saturated rings. The van der Waals surface area contributed by atoms with Gasteiger partial charge in [-0.2, -0.15) is 0 Å². The number of carboxylic acid groups (broad SMARTS) is 1. The summed E-state index contributed by atoms with van der Waals surface area (Å²) in [6.07, 6.45) is 0. The molecule has 18 heavy (non-hydrogen) atoms. The molecule has 0 radical (unpaired) electrons. The number of carbonyl (C=O) groups excluding carboxylic acids is 1. The van der Waals surface area contributed by atoms with E-state index in [-0.39, 0.29) is 19.1 Å². The lowest BCUT2D eigenvalue weighted by atomic mass is 10.2. The van der Waals surface area contributed by atoms with Crippen molar-refractivity contribution in [2.45, 2.75) is 6.54 Å². The zero-order valence-electron chi connectivity index (χ0n) is 10.0. The van der Waals surface area contributed by atoms with Gasteiger partial charge >= 0.3 is 5.97 Å². The van der Waals surface area contributed by atoms with Crippen LogP contribution in [0.1, 0.15) is 5.56 Å². The molecule has 0 atom stereocenters. The zero-order valence-corrected chi connectivity index (χ0v) is 10.0. The summed E-state index contributed by atoms with van der Waals surface area (Å²) in [4.78, 5) is 21.5. The van der Waals surface area contributed by atoms with E-state index >= 15 is 0 Å². The summed E-state index contributed by atoms with van der Waals surface area (Å²) in [5, 5.41) is 11.1. The first-order valence-corrected chi connectivity index (χ1v) is 5.31. The molecular formula is C12H15NO5. The smallest absolute Gasteiger partial charge is 0.341 e. The standard InChI is InChI=1S/C12H15NO5/c1-17-7-11(14)13-6-9-3-2-4-10(5-9)18-8-12(15)16/h2-5H,6-8H2,1H3,(H,13,14)(H,15,16). The molecule has 0 heterocycles. The van der Waals surface area contributed by atoms with Gasteiger partial charge in [-0.1, -0.05) is 12.1 Å². The van der Waals surface area contributed by atoms with Crippen LogP contribution in [0.15, 0.2) is 24.3 Å². The molecule has 1 amide bonds. The molecular weight excluding hydrogens is 238 g/mol. The number of rotatable bonds is 7. The van der Waals surface area contributed by atoms with Crippen LogP contribution in [-0.2, 0) is 20.9 Å². The third kappa shape index (κ3) is 5.31. The minimum absolute atomic E-state index is 0.00913. The topological polar surface area (TPSA) is 84.9 Å². The van der Waals surface area contributed by atoms with E-state index in [4.69, 9.17) is 9.84 Å². The lowest BCUT2D eigenvalue weighted by molar-refractivity contribution is -0.139. The van der Waals surface area contributed by atoms with E-state index < -0.39 is 5.97 Å². The largest absolute Gasteiger partial charge is 0.482 e. The van der Waals surface area contributed by atoms with Crippen LogP contribution in [0.3, 0.4) is 0 Å². The zero-order chi connectivity index (χ0) is 13.4. The van der Waals surface area contributed by atoms with E-state index in [0.29, 0.717) is 12.3 Å². The van der Waals surface area contributed by atoms with E-state index in [2.05, 4.69) is 10.1 Å². The fourth-order valence-corrected chi connectivity index (χ4v) is 1.27. The molecule has 2 N–H and O–H groups in total. The highest BCUT2D eigenvalue weighted by molar-refractivity contribution is 5.77. The first-order chi connectivity index (χ1) is 8.61. The minimum atomic E-state index is -1.03. The monoisotopic (exact) mass is 253 g/mol. The van der Waals surface area contributed by atoms with E-state index in [1.807, 2.05) is 0 Å². The molecule has 1 aromatic rings. The van der Waals surface area contributed by atoms with Crippen LogP contribution in [0.2, 0.25) is 0 Å². The first-order valence-electron chi connectivity index (χ1n) is 5.31. The normalized spacial score (nSPS) is 9.83. The molecule has 0 spiro atoms. The molecule has 0 aliphatic carbocycles. The Hall–Kier alpha value is -2.08. The van der Waals surface area contributed by atoms with Crippen molar-refractivity contribution in [2.75, 3.05) is 20.3 Å². The van der Waals surface area contributed by atoms with Gasteiger partial charge in [0.25, 0.3) is 0 Å². The maximum Gasteiger partial charge on any atom is 0.341 e. The maximum atomic E-state index is 11.2. The fourth-order valence-electron chi connectivity index (χ4n) is 1.27. The second-order valence-corrected chi connectivity index (χ2v) is 3.54. The quantitative estimate of drug-likeness (QED) is 0.735. The molecule has 1 aromatic carbocycles. The number of aliphatic carboxylic acids is 1. The molecule has 6 heteroatoms. The summed E-state index contributed by atoms with van der Waals surface area (Å²) < 4.78 is 9.70. The van der Waals surface area contributed by atoms with Crippen molar-refractivity contribution in [1.29, 1.82) is 0 Å². The highest BCUT2D eigenvalue weighted by Crippen LogP contribution is 2.13. The number of nitrogens with one attached hydrogen (secondary N) is 1. The van der Waals surface area contributed by atoms with Gasteiger partial charge in [0, 0.05) is 13.7 Å². The number of carboxylic acids is 1. The van der Waals surface area contributed by atoms with Gasteiger partial charge in [0.1, 0.15) is 12.4 Å². The number of hydrogen-bond acceptors (Lipinski definition) is 4. The predicted molar refractivity (Wildman–Crippen MR) is 63.3 cm³/mol. The molecule has 1 rings (SSSR count). The van der Waals surface area contributed by atoms with Crippen LogP contribution in [0.4, 0.5) is 0 Å². The van der Waals surface area contributed by atoms with Gasteiger partial charge in [0.2, 0.25) is 5.91 Å². The maximum absolute atomic E-state index is 11.2. The highest BCUT2D eigenvalue weighted by atomic mass is 16.5. The van der Waals surface area contributed by atoms with E-state index in [1.165, 1.54) is 7.11 Å². The third-order valence-corrected chi connectivity index (χ3v) is 2.03. The number of benzene rings is 1. The van der Waals surface area contributed by atoms with Crippen molar-refractivity contribution in [2.24, 2.45) is 0 Å². The molecule has 98 valence electrons. The molecule has 0 saturated carbocycles. The molecule has 0 bridgehead atoms. The SMILES string of the molecule is COCC(=O)NCc1cccc(OCC(=O)O)c1. The second-order valence-electron chi connectivity index (χ2n) is 3.54. The second kappa shape index (κ2) is 7.29. The Balaban J connectivity index is 2.48. The first kappa shape index (κ1) is 14.0. The number of ether oxygens (including phenoxy) is 2. The summed E-state index contributed by atoms with van der Waals surface area (Å²) in [5.74, 6) is -0.793. The lowest BCUT2D eigenvalue weighted by Gasteiger charge is -2.07. The average Bonchev–Trinajstić information content (AvgIpc) is 2.35. The lowest BCUT2D eigenvalue weighted by Crippen LogP contribution is -2.26. The van der Waals surface area contributed by atoms with Crippen molar-refractivity contribution in [3.8, 4) is 5.75 Å². The van der Waals surface area contributed by atoms with Gasteiger partial charge in [-0.15, -0.1) is 0 Å². The van der Waals surface area contributed by atoms with Crippen molar-refractivity contribution in [3.05, 3.63) is 29.8 Å². The Labute approximate surface area is 105 Å². The summed E-state index contributed by atoms with van der Waals surface area (Å²) in [6, 6.07) is 6.87. The number of carbonyl (C=O) groups is 2. The van der Waals surface area contributed by atoms with Crippen LogP contribution in [0.25, 0.3) is 0 Å². The van der Waals surface area contributed by atoms with Crippen LogP contribution in [0.5, 0.6) is 5.75 Å². The number of hydrogen-bond donors (Lipinski definition) is 2. The molecule has 0 aliphatic rings. The Morgan fingerprint density at radius 2 is 2.11 bits per heavy atom. The third-order valence-electron chi connectivity index (χ3n) is 2.03. The minimum Gasteiger partial charge on any atom is -0.482 e. The van der Waals surface area contributed by atoms with Crippen LogP contribution >= 0.6 is 0 Å². The Kier molecular flexibility index (Phi) is 5.66. The van der Waals surface area contributed by atoms with Gasteiger partial charge in [-0.3, -0.25) is 4.79 Å². The molecule has 0 aliphatic heterocycles. The number of methoxy groups -OCH3 is 1. The van der Waals surface area contributed by atoms with Crippen molar-refractivity contribution in [1.82, 2.24) is 5.32 Å². The Bertz CT molecular complexity index is 419. The number of amides is 1. The molecule has 0 unspecified atom stereocenters. The van der Waals surface area contributed by atoms with Crippen molar-refractivity contribution >= 4 is 11.9 Å². The Morgan fingerprint density at radius 3 is 2.78 bits per heavy atom. The van der Waals surface area contributed by atoms with Crippen molar-refractivity contribution < 1.29 is 24.2 Å². The van der Waals surface area contributed by atoms with E-state index in [0.717, 1.165) is 5.56 Å². The average molecular weight is 253 g/mol. The summed E-state index contributed by atoms with van der Waals surface area (Å²) in [7, 11) is 1.44. The summed E-state index contributed by atoms with van der Waals surface area (Å²) in [6.45, 7) is -0.0405. The van der Waals surface area contributed by atoms with E-state index in [1.54, 1.807) is 24.3 Å². The van der Waals surface area contributed by atoms with Gasteiger partial charge in [-0.05, 0) is 17.7 Å². The van der Waals surface area contributed by atoms with E-state index in [9.17, 15) is 9.59 Å². The summed E-state index contributed by atoms with van der Waals surface area (Å²) in [5.41, 5.74) is 0.822. The van der Waals surface area contributed by atoms with Crippen LogP contribution < -0.4 is 10.1 Å². The molecule has 0 aromatic heterocycles. The molecule has 0 saturated heterocycles. The molecule has 6 nitrogen and oxygen atoms in total. The Morgan fingerprint density at radius 1 is 1.33 bits per heavy atom. The van der Waals surface area contributed by atoms with Gasteiger partial charge in [-0.25, -0.2) is 4.79 Å². The van der Waals surface area contributed by atoms with Gasteiger partial charge in [0.15, 0.2) is 6.61 Å². The highest BCUT2D eigenvalue weighted by Gasteiger charge is 2.02. The fraction of sp³-hybridized carbons (Fsp3) is 0.333.